The van der Waals surface area contributed by atoms with Crippen LogP contribution in [-0.4, -0.2) is 41.8 Å². The molecule has 0 aliphatic carbocycles. The largest absolute Gasteiger partial charge is 0.353 e. The van der Waals surface area contributed by atoms with E-state index in [9.17, 15) is 9.59 Å². The molecule has 4 nitrogen and oxygen atoms in total. The molecule has 1 saturated heterocycles. The zero-order chi connectivity index (χ0) is 12.1. The van der Waals surface area contributed by atoms with E-state index >= 15 is 0 Å². The molecule has 4 heteroatoms. The Labute approximate surface area is 97.4 Å². The Balaban J connectivity index is 2.49. The molecule has 1 heterocycles. The number of carbonyl (C=O) groups is 2. The highest BCUT2D eigenvalue weighted by molar-refractivity contribution is 5.83. The van der Waals surface area contributed by atoms with Gasteiger partial charge in [0.25, 0.3) is 0 Å². The molecule has 0 aromatic carbocycles. The molecule has 92 valence electrons. The van der Waals surface area contributed by atoms with Crippen LogP contribution in [0, 0.1) is 0 Å². The first-order valence-electron chi connectivity index (χ1n) is 6.04. The normalized spacial score (nSPS) is 22.1. The summed E-state index contributed by atoms with van der Waals surface area (Å²) in [6, 6.07) is 0.111. The second-order valence-corrected chi connectivity index (χ2v) is 4.81. The topological polar surface area (TPSA) is 49.4 Å². The lowest BCUT2D eigenvalue weighted by Gasteiger charge is -2.33. The summed E-state index contributed by atoms with van der Waals surface area (Å²) in [6.45, 7) is 6.70. The van der Waals surface area contributed by atoms with Crippen LogP contribution in [0.15, 0.2) is 0 Å². The average molecular weight is 226 g/mol. The molecule has 1 aliphatic rings. The van der Waals surface area contributed by atoms with Gasteiger partial charge in [-0.1, -0.05) is 6.42 Å². The van der Waals surface area contributed by atoms with Gasteiger partial charge in [-0.15, -0.1) is 0 Å². The first kappa shape index (κ1) is 13.2. The summed E-state index contributed by atoms with van der Waals surface area (Å²) < 4.78 is 0. The van der Waals surface area contributed by atoms with Gasteiger partial charge >= 0.3 is 0 Å². The maximum atomic E-state index is 11.6. The number of carbonyl (C=O) groups excluding carboxylic acids is 2. The molecule has 0 bridgehead atoms. The van der Waals surface area contributed by atoms with E-state index in [4.69, 9.17) is 0 Å². The second-order valence-electron chi connectivity index (χ2n) is 4.81. The Morgan fingerprint density at radius 1 is 1.38 bits per heavy atom. The van der Waals surface area contributed by atoms with Crippen molar-refractivity contribution < 1.29 is 9.59 Å². The predicted octanol–water partition coefficient (Wildman–Crippen LogP) is 0.954. The maximum Gasteiger partial charge on any atom is 0.234 e. The van der Waals surface area contributed by atoms with E-state index in [2.05, 4.69) is 5.32 Å². The zero-order valence-electron chi connectivity index (χ0n) is 10.5. The van der Waals surface area contributed by atoms with Gasteiger partial charge in [-0.25, -0.2) is 0 Å². The molecule has 1 amide bonds. The molecular weight excluding hydrogens is 204 g/mol. The molecule has 1 N–H and O–H groups in total. The third-order valence-electron chi connectivity index (χ3n) is 2.88. The number of Topliss-reactive ketones (excluding diaryl/α,β-unsaturated/α-hetero) is 1. The van der Waals surface area contributed by atoms with Crippen molar-refractivity contribution in [3.63, 3.8) is 0 Å². The molecule has 1 rings (SSSR count). The van der Waals surface area contributed by atoms with Crippen LogP contribution in [-0.2, 0) is 9.59 Å². The molecule has 0 spiro atoms. The predicted molar refractivity (Wildman–Crippen MR) is 63.2 cm³/mol. The Morgan fingerprint density at radius 2 is 2.06 bits per heavy atom. The first-order valence-corrected chi connectivity index (χ1v) is 6.04. The highest BCUT2D eigenvalue weighted by Crippen LogP contribution is 2.17. The molecule has 1 atom stereocenters. The molecule has 0 radical (unpaired) electrons. The third-order valence-corrected chi connectivity index (χ3v) is 2.88. The molecule has 0 aromatic heterocycles. The van der Waals surface area contributed by atoms with Gasteiger partial charge in [0.1, 0.15) is 5.78 Å². The van der Waals surface area contributed by atoms with E-state index in [1.165, 1.54) is 0 Å². The van der Waals surface area contributed by atoms with Gasteiger partial charge in [-0.2, -0.15) is 0 Å². The Morgan fingerprint density at radius 3 is 2.62 bits per heavy atom. The van der Waals surface area contributed by atoms with E-state index in [1.54, 1.807) is 6.92 Å². The van der Waals surface area contributed by atoms with Crippen molar-refractivity contribution in [2.75, 3.05) is 13.1 Å². The summed E-state index contributed by atoms with van der Waals surface area (Å²) in [5, 5.41) is 2.86. The highest BCUT2D eigenvalue weighted by Gasteiger charge is 2.27. The minimum atomic E-state index is -0.0494. The minimum Gasteiger partial charge on any atom is -0.353 e. The smallest absolute Gasteiger partial charge is 0.234 e. The van der Waals surface area contributed by atoms with Crippen LogP contribution in [0.1, 0.15) is 40.0 Å². The van der Waals surface area contributed by atoms with Crippen LogP contribution in [0.3, 0.4) is 0 Å². The quantitative estimate of drug-likeness (QED) is 0.776. The van der Waals surface area contributed by atoms with Crippen molar-refractivity contribution in [3.8, 4) is 0 Å². The molecule has 0 aromatic rings. The number of nitrogens with one attached hydrogen (secondary N) is 1. The standard InChI is InChI=1S/C12H22N2O2/c1-9(2)13-12(16)8-14-7-5-4-6-11(14)10(3)15/h9,11H,4-8H2,1-3H3,(H,13,16). The highest BCUT2D eigenvalue weighted by atomic mass is 16.2. The van der Waals surface area contributed by atoms with E-state index in [-0.39, 0.29) is 23.8 Å². The number of piperidine rings is 1. The fourth-order valence-electron chi connectivity index (χ4n) is 2.19. The van der Waals surface area contributed by atoms with Gasteiger partial charge in [0.05, 0.1) is 12.6 Å². The summed E-state index contributed by atoms with van der Waals surface area (Å²) in [5.41, 5.74) is 0. The van der Waals surface area contributed by atoms with Crippen LogP contribution in [0.25, 0.3) is 0 Å². The minimum absolute atomic E-state index is 0.0168. The van der Waals surface area contributed by atoms with E-state index in [0.717, 1.165) is 25.8 Å². The van der Waals surface area contributed by atoms with Crippen LogP contribution in [0.4, 0.5) is 0 Å². The summed E-state index contributed by atoms with van der Waals surface area (Å²) in [7, 11) is 0. The number of rotatable bonds is 4. The first-order chi connectivity index (χ1) is 7.50. The fourth-order valence-corrected chi connectivity index (χ4v) is 2.19. The third kappa shape index (κ3) is 3.93. The van der Waals surface area contributed by atoms with Crippen molar-refractivity contribution in [2.45, 2.75) is 52.1 Å². The second kappa shape index (κ2) is 5.99. The lowest BCUT2D eigenvalue weighted by molar-refractivity contribution is -0.127. The lowest BCUT2D eigenvalue weighted by Crippen LogP contribution is -2.49. The zero-order valence-corrected chi connectivity index (χ0v) is 10.5. The van der Waals surface area contributed by atoms with E-state index in [1.807, 2.05) is 18.7 Å². The number of hydrogen-bond donors (Lipinski definition) is 1. The maximum absolute atomic E-state index is 11.6. The van der Waals surface area contributed by atoms with Crippen LogP contribution < -0.4 is 5.32 Å². The Bertz CT molecular complexity index is 264. The summed E-state index contributed by atoms with van der Waals surface area (Å²) in [4.78, 5) is 25.1. The average Bonchev–Trinajstić information content (AvgIpc) is 2.16. The van der Waals surface area contributed by atoms with Crippen LogP contribution in [0.5, 0.6) is 0 Å². The number of likely N-dealkylation sites (tertiary alicyclic amines) is 1. The van der Waals surface area contributed by atoms with E-state index in [0.29, 0.717) is 6.54 Å². The van der Waals surface area contributed by atoms with Gasteiger partial charge in [0.15, 0.2) is 0 Å². The summed E-state index contributed by atoms with van der Waals surface area (Å²) in [5.74, 6) is 0.195. The molecule has 0 saturated carbocycles. The fraction of sp³-hybridized carbons (Fsp3) is 0.833. The number of nitrogens with zero attached hydrogens (tertiary/aromatic N) is 1. The van der Waals surface area contributed by atoms with E-state index < -0.39 is 0 Å². The SMILES string of the molecule is CC(=O)C1CCCCN1CC(=O)NC(C)C. The van der Waals surface area contributed by atoms with Crippen molar-refractivity contribution in [1.82, 2.24) is 10.2 Å². The van der Waals surface area contributed by atoms with Gasteiger partial charge in [-0.3, -0.25) is 14.5 Å². The monoisotopic (exact) mass is 226 g/mol. The molecule has 1 fully saturated rings. The van der Waals surface area contributed by atoms with Crippen molar-refractivity contribution in [3.05, 3.63) is 0 Å². The van der Waals surface area contributed by atoms with Crippen molar-refractivity contribution >= 4 is 11.7 Å². The van der Waals surface area contributed by atoms with Crippen molar-refractivity contribution in [2.24, 2.45) is 0 Å². The Kier molecular flexibility index (Phi) is 4.93. The summed E-state index contributed by atoms with van der Waals surface area (Å²) in [6.07, 6.45) is 3.07. The van der Waals surface area contributed by atoms with Crippen molar-refractivity contribution in [1.29, 1.82) is 0 Å². The lowest BCUT2D eigenvalue weighted by atomic mass is 9.99. The summed E-state index contributed by atoms with van der Waals surface area (Å²) >= 11 is 0. The van der Waals surface area contributed by atoms with Gasteiger partial charge in [0.2, 0.25) is 5.91 Å². The van der Waals surface area contributed by atoms with Gasteiger partial charge in [0, 0.05) is 6.04 Å². The molecule has 16 heavy (non-hydrogen) atoms. The Hall–Kier alpha value is -0.900. The molecule has 1 aliphatic heterocycles. The molecule has 1 unspecified atom stereocenters. The number of amides is 1. The number of ketones is 1. The number of hydrogen-bond acceptors (Lipinski definition) is 3. The molecular formula is C12H22N2O2. The van der Waals surface area contributed by atoms with Gasteiger partial charge in [-0.05, 0) is 40.2 Å². The van der Waals surface area contributed by atoms with Crippen LogP contribution in [0.2, 0.25) is 0 Å². The van der Waals surface area contributed by atoms with Crippen LogP contribution >= 0.6 is 0 Å². The van der Waals surface area contributed by atoms with Gasteiger partial charge < -0.3 is 5.32 Å².